The second kappa shape index (κ2) is 6.15. The van der Waals surface area contributed by atoms with E-state index in [1.54, 1.807) is 24.3 Å². The van der Waals surface area contributed by atoms with Gasteiger partial charge < -0.3 is 0 Å². The van der Waals surface area contributed by atoms with Crippen LogP contribution in [0.25, 0.3) is 0 Å². The van der Waals surface area contributed by atoms with Gasteiger partial charge in [-0.15, -0.1) is 0 Å². The van der Waals surface area contributed by atoms with Crippen LogP contribution in [0.2, 0.25) is 0 Å². The number of ketones is 1. The lowest BCUT2D eigenvalue weighted by Gasteiger charge is -2.10. The van der Waals surface area contributed by atoms with Crippen molar-refractivity contribution in [3.05, 3.63) is 69.2 Å². The van der Waals surface area contributed by atoms with Crippen molar-refractivity contribution >= 4 is 21.7 Å². The largest absolute Gasteiger partial charge is 0.292 e. The standard InChI is InChI=1S/C16H10BrF2NO/c1-9-2-3-10(6-14(9)17)16(21)13(8-20)12-5-4-11(18)7-15(12)19/h2-7,13H,1H3. The minimum atomic E-state index is -1.31. The second-order valence-corrected chi connectivity index (χ2v) is 5.41. The molecule has 0 fully saturated rings. The van der Waals surface area contributed by atoms with E-state index in [9.17, 15) is 18.8 Å². The minimum absolute atomic E-state index is 0.124. The predicted molar refractivity (Wildman–Crippen MR) is 77.9 cm³/mol. The third-order valence-corrected chi connectivity index (χ3v) is 3.98. The fraction of sp³-hybridized carbons (Fsp3) is 0.125. The van der Waals surface area contributed by atoms with Gasteiger partial charge >= 0.3 is 0 Å². The quantitative estimate of drug-likeness (QED) is 0.764. The third kappa shape index (κ3) is 3.17. The molecule has 2 rings (SSSR count). The van der Waals surface area contributed by atoms with Crippen molar-refractivity contribution in [3.8, 4) is 6.07 Å². The molecule has 21 heavy (non-hydrogen) atoms. The van der Waals surface area contributed by atoms with Gasteiger partial charge in [0, 0.05) is 21.7 Å². The van der Waals surface area contributed by atoms with Crippen molar-refractivity contribution < 1.29 is 13.6 Å². The summed E-state index contributed by atoms with van der Waals surface area (Å²) >= 11 is 3.31. The van der Waals surface area contributed by atoms with Gasteiger partial charge in [-0.25, -0.2) is 8.78 Å². The van der Waals surface area contributed by atoms with Gasteiger partial charge in [-0.3, -0.25) is 4.79 Å². The number of benzene rings is 2. The topological polar surface area (TPSA) is 40.9 Å². The number of nitriles is 1. The molecule has 1 atom stereocenters. The predicted octanol–water partition coefficient (Wildman–Crippen LogP) is 4.53. The average Bonchev–Trinajstić information content (AvgIpc) is 2.44. The van der Waals surface area contributed by atoms with E-state index < -0.39 is 23.3 Å². The summed E-state index contributed by atoms with van der Waals surface area (Å²) in [5.74, 6) is -3.48. The highest BCUT2D eigenvalue weighted by molar-refractivity contribution is 9.10. The molecule has 0 aliphatic rings. The zero-order valence-electron chi connectivity index (χ0n) is 11.0. The maximum absolute atomic E-state index is 13.8. The highest BCUT2D eigenvalue weighted by atomic mass is 79.9. The smallest absolute Gasteiger partial charge is 0.184 e. The van der Waals surface area contributed by atoms with Crippen LogP contribution >= 0.6 is 15.9 Å². The summed E-state index contributed by atoms with van der Waals surface area (Å²) in [7, 11) is 0. The highest BCUT2D eigenvalue weighted by Gasteiger charge is 2.25. The number of halogens is 3. The van der Waals surface area contributed by atoms with E-state index in [1.807, 2.05) is 6.92 Å². The van der Waals surface area contributed by atoms with Crippen molar-refractivity contribution in [3.63, 3.8) is 0 Å². The molecule has 0 saturated heterocycles. The lowest BCUT2D eigenvalue weighted by molar-refractivity contribution is 0.0977. The molecule has 0 radical (unpaired) electrons. The van der Waals surface area contributed by atoms with Crippen LogP contribution in [0, 0.1) is 29.9 Å². The van der Waals surface area contributed by atoms with Crippen molar-refractivity contribution in [1.82, 2.24) is 0 Å². The van der Waals surface area contributed by atoms with Crippen LogP contribution in [0.5, 0.6) is 0 Å². The number of Topliss-reactive ketones (excluding diaryl/α,β-unsaturated/α-hetero) is 1. The first-order chi connectivity index (χ1) is 9.93. The molecule has 1 unspecified atom stereocenters. The summed E-state index contributed by atoms with van der Waals surface area (Å²) in [4.78, 5) is 12.4. The van der Waals surface area contributed by atoms with E-state index >= 15 is 0 Å². The summed E-state index contributed by atoms with van der Waals surface area (Å²) in [5, 5.41) is 9.19. The van der Waals surface area contributed by atoms with Gasteiger partial charge in [0.15, 0.2) is 5.78 Å². The minimum Gasteiger partial charge on any atom is -0.292 e. The Kier molecular flexibility index (Phi) is 4.49. The summed E-state index contributed by atoms with van der Waals surface area (Å²) in [6.07, 6.45) is 0. The second-order valence-electron chi connectivity index (χ2n) is 4.56. The highest BCUT2D eigenvalue weighted by Crippen LogP contribution is 2.26. The maximum Gasteiger partial charge on any atom is 0.184 e. The van der Waals surface area contributed by atoms with Crippen molar-refractivity contribution in [2.24, 2.45) is 0 Å². The number of nitrogens with zero attached hydrogens (tertiary/aromatic N) is 1. The Labute approximate surface area is 129 Å². The van der Waals surface area contributed by atoms with Crippen molar-refractivity contribution in [2.45, 2.75) is 12.8 Å². The third-order valence-electron chi connectivity index (χ3n) is 3.12. The van der Waals surface area contributed by atoms with Crippen molar-refractivity contribution in [1.29, 1.82) is 5.26 Å². The SMILES string of the molecule is Cc1ccc(C(=O)C(C#N)c2ccc(F)cc2F)cc1Br. The van der Waals surface area contributed by atoms with Crippen LogP contribution < -0.4 is 0 Å². The fourth-order valence-corrected chi connectivity index (χ4v) is 2.30. The summed E-state index contributed by atoms with van der Waals surface area (Å²) < 4.78 is 27.4. The van der Waals surface area contributed by atoms with Crippen LogP contribution in [0.15, 0.2) is 40.9 Å². The molecule has 5 heteroatoms. The molecule has 0 aliphatic heterocycles. The zero-order valence-corrected chi connectivity index (χ0v) is 12.6. The Morgan fingerprint density at radius 3 is 2.52 bits per heavy atom. The molecule has 0 amide bonds. The van der Waals surface area contributed by atoms with E-state index in [2.05, 4.69) is 15.9 Å². The van der Waals surface area contributed by atoms with Crippen LogP contribution in [0.1, 0.15) is 27.4 Å². The molecule has 2 nitrogen and oxygen atoms in total. The van der Waals surface area contributed by atoms with E-state index in [4.69, 9.17) is 0 Å². The van der Waals surface area contributed by atoms with Crippen LogP contribution in [-0.2, 0) is 0 Å². The van der Waals surface area contributed by atoms with Gasteiger partial charge in [0.2, 0.25) is 0 Å². The summed E-state index contributed by atoms with van der Waals surface area (Å²) in [5.41, 5.74) is 1.11. The van der Waals surface area contributed by atoms with E-state index in [-0.39, 0.29) is 5.56 Å². The molecule has 2 aromatic carbocycles. The van der Waals surface area contributed by atoms with Crippen LogP contribution in [0.3, 0.4) is 0 Å². The van der Waals surface area contributed by atoms with E-state index in [0.29, 0.717) is 11.6 Å². The molecule has 0 aromatic heterocycles. The lowest BCUT2D eigenvalue weighted by Crippen LogP contribution is -2.13. The van der Waals surface area contributed by atoms with Crippen LogP contribution in [-0.4, -0.2) is 5.78 Å². The molecule has 2 aromatic rings. The molecule has 0 aliphatic carbocycles. The zero-order chi connectivity index (χ0) is 15.6. The van der Waals surface area contributed by atoms with Gasteiger partial charge in [0.1, 0.15) is 17.6 Å². The Hall–Kier alpha value is -2.06. The summed E-state index contributed by atoms with van der Waals surface area (Å²) in [6, 6.07) is 9.50. The first kappa shape index (κ1) is 15.3. The maximum atomic E-state index is 13.8. The number of aryl methyl sites for hydroxylation is 1. The first-order valence-corrected chi connectivity index (χ1v) is 6.88. The van der Waals surface area contributed by atoms with E-state index in [0.717, 1.165) is 22.2 Å². The number of hydrogen-bond donors (Lipinski definition) is 0. The number of carbonyl (C=O) groups is 1. The van der Waals surface area contributed by atoms with Gasteiger partial charge in [0.25, 0.3) is 0 Å². The Morgan fingerprint density at radius 1 is 1.24 bits per heavy atom. The molecule has 0 saturated carbocycles. The Morgan fingerprint density at radius 2 is 1.95 bits per heavy atom. The Balaban J connectivity index is 2.43. The average molecular weight is 350 g/mol. The summed E-state index contributed by atoms with van der Waals surface area (Å²) in [6.45, 7) is 1.86. The first-order valence-electron chi connectivity index (χ1n) is 6.09. The molecule has 0 N–H and O–H groups in total. The van der Waals surface area contributed by atoms with E-state index in [1.165, 1.54) is 0 Å². The van der Waals surface area contributed by atoms with Gasteiger partial charge in [0.05, 0.1) is 6.07 Å². The van der Waals surface area contributed by atoms with Gasteiger partial charge in [-0.05, 0) is 24.6 Å². The van der Waals surface area contributed by atoms with Gasteiger partial charge in [-0.2, -0.15) is 5.26 Å². The monoisotopic (exact) mass is 349 g/mol. The Bertz CT molecular complexity index is 752. The molecule has 0 spiro atoms. The molecular weight excluding hydrogens is 340 g/mol. The normalized spacial score (nSPS) is 11.8. The number of rotatable bonds is 3. The molecule has 0 bridgehead atoms. The van der Waals surface area contributed by atoms with Crippen molar-refractivity contribution in [2.75, 3.05) is 0 Å². The van der Waals surface area contributed by atoms with Gasteiger partial charge in [-0.1, -0.05) is 34.1 Å². The lowest BCUT2D eigenvalue weighted by atomic mass is 9.91. The van der Waals surface area contributed by atoms with Crippen LogP contribution in [0.4, 0.5) is 8.78 Å². The number of carbonyl (C=O) groups excluding carboxylic acids is 1. The molecule has 0 heterocycles. The molecular formula is C16H10BrF2NO. The number of hydrogen-bond acceptors (Lipinski definition) is 2. The fourth-order valence-electron chi connectivity index (χ4n) is 1.92. The molecule has 106 valence electrons.